The summed E-state index contributed by atoms with van der Waals surface area (Å²) in [5.41, 5.74) is -1.37. The van der Waals surface area contributed by atoms with Crippen LogP contribution in [0.2, 0.25) is 0 Å². The molecule has 11 nitrogen and oxygen atoms in total. The first-order chi connectivity index (χ1) is 20.6. The Morgan fingerprint density at radius 1 is 1.11 bits per heavy atom. The number of cyclic esters (lactones) is 1. The number of aromatic nitrogens is 1. The number of carbonyl (C=O) groups is 4. The molecule has 44 heavy (non-hydrogen) atoms. The number of aromatic hydroxyl groups is 1. The van der Waals surface area contributed by atoms with E-state index in [9.17, 15) is 47.0 Å². The first-order valence-electron chi connectivity index (χ1n) is 13.8. The number of rotatable bonds is 6. The highest BCUT2D eigenvalue weighted by molar-refractivity contribution is 6.00. The van der Waals surface area contributed by atoms with E-state index in [-0.39, 0.29) is 5.56 Å². The van der Waals surface area contributed by atoms with E-state index < -0.39 is 107 Å². The van der Waals surface area contributed by atoms with Crippen molar-refractivity contribution in [1.82, 2.24) is 20.5 Å². The number of carbonyl (C=O) groups excluding carboxylic acids is 4. The van der Waals surface area contributed by atoms with Crippen molar-refractivity contribution >= 4 is 23.7 Å². The van der Waals surface area contributed by atoms with E-state index in [2.05, 4.69) is 15.6 Å². The van der Waals surface area contributed by atoms with E-state index in [0.717, 1.165) is 4.90 Å². The number of hydrogen-bond donors (Lipinski definition) is 4. The van der Waals surface area contributed by atoms with Crippen molar-refractivity contribution in [2.24, 2.45) is 11.8 Å². The van der Waals surface area contributed by atoms with E-state index in [1.807, 2.05) is 0 Å². The standard InChI is InChI=1S/C29H34F4N4O7/c1-6-12(2)22-29(43)44-14(4)21(35-26(40)15-9-7-8-10-18(15)38)27(41)34-17(23(39)13(3)28(42)37(22)5)11-16-19(30)20(31)25(33)36-24(16)32/h7-10,12-14,17,21-23,38-39H,6,11H2,1-5H3,(H,34,41)(H,35,40)/t12?,13-,14-,17+,21+,22?,23+/m1/s1. The van der Waals surface area contributed by atoms with Gasteiger partial charge in [0.15, 0.2) is 5.82 Å². The van der Waals surface area contributed by atoms with Crippen LogP contribution in [0.4, 0.5) is 17.6 Å². The number of halogens is 4. The van der Waals surface area contributed by atoms with Gasteiger partial charge in [-0.1, -0.05) is 39.3 Å². The first-order valence-corrected chi connectivity index (χ1v) is 13.8. The van der Waals surface area contributed by atoms with Crippen LogP contribution in [0.25, 0.3) is 0 Å². The smallest absolute Gasteiger partial charge is 0.329 e. The SMILES string of the molecule is CCC(C)C1C(=O)O[C@H](C)[C@H](NC(=O)c2ccccc2O)C(=O)N[C@@H](Cc2c(F)nc(F)c(F)c2F)[C@@H](O)[C@@H](C)C(=O)N1C. The highest BCUT2D eigenvalue weighted by Gasteiger charge is 2.43. The Kier molecular flexibility index (Phi) is 10.9. The number of aliphatic hydroxyl groups excluding tert-OH is 1. The van der Waals surface area contributed by atoms with Crippen molar-refractivity contribution in [3.05, 3.63) is 58.9 Å². The number of aliphatic hydroxyl groups is 1. The van der Waals surface area contributed by atoms with E-state index in [4.69, 9.17) is 4.74 Å². The number of pyridine rings is 1. The molecule has 1 saturated heterocycles. The zero-order valence-electron chi connectivity index (χ0n) is 24.6. The van der Waals surface area contributed by atoms with Crippen LogP contribution >= 0.6 is 0 Å². The van der Waals surface area contributed by atoms with E-state index >= 15 is 0 Å². The summed E-state index contributed by atoms with van der Waals surface area (Å²) in [6.07, 6.45) is -3.93. The lowest BCUT2D eigenvalue weighted by Gasteiger charge is -2.38. The second kappa shape index (κ2) is 14.0. The molecule has 4 N–H and O–H groups in total. The molecule has 3 amide bonds. The maximum atomic E-state index is 14.6. The molecule has 0 bridgehead atoms. The van der Waals surface area contributed by atoms with Gasteiger partial charge in [-0.3, -0.25) is 14.4 Å². The molecule has 2 aromatic rings. The van der Waals surface area contributed by atoms with Crippen LogP contribution in [-0.4, -0.2) is 81.2 Å². The molecular weight excluding hydrogens is 592 g/mol. The van der Waals surface area contributed by atoms with Crippen molar-refractivity contribution in [3.8, 4) is 5.75 Å². The zero-order valence-corrected chi connectivity index (χ0v) is 24.6. The van der Waals surface area contributed by atoms with Gasteiger partial charge in [-0.05, 0) is 25.0 Å². The Labute approximate surface area is 250 Å². The van der Waals surface area contributed by atoms with Gasteiger partial charge in [0.2, 0.25) is 23.6 Å². The summed E-state index contributed by atoms with van der Waals surface area (Å²) in [6.45, 7) is 5.93. The summed E-state index contributed by atoms with van der Waals surface area (Å²) >= 11 is 0. The summed E-state index contributed by atoms with van der Waals surface area (Å²) in [7, 11) is 1.30. The molecule has 1 aromatic heterocycles. The third kappa shape index (κ3) is 7.09. The lowest BCUT2D eigenvalue weighted by atomic mass is 9.90. The second-order valence-corrected chi connectivity index (χ2v) is 10.8. The molecule has 240 valence electrons. The lowest BCUT2D eigenvalue weighted by Crippen LogP contribution is -2.61. The number of amides is 3. The topological polar surface area (TPSA) is 158 Å². The maximum absolute atomic E-state index is 14.6. The summed E-state index contributed by atoms with van der Waals surface area (Å²) in [5.74, 6) is -14.0. The molecule has 1 aliphatic rings. The molecule has 2 unspecified atom stereocenters. The number of hydrogen-bond acceptors (Lipinski definition) is 8. The minimum Gasteiger partial charge on any atom is -0.507 e. The number of nitrogens with zero attached hydrogens (tertiary/aromatic N) is 2. The van der Waals surface area contributed by atoms with E-state index in [0.29, 0.717) is 6.42 Å². The normalized spacial score (nSPS) is 25.8. The lowest BCUT2D eigenvalue weighted by molar-refractivity contribution is -0.165. The van der Waals surface area contributed by atoms with Gasteiger partial charge in [0.25, 0.3) is 11.9 Å². The Morgan fingerprint density at radius 2 is 1.75 bits per heavy atom. The van der Waals surface area contributed by atoms with Gasteiger partial charge in [0.05, 0.1) is 23.6 Å². The Bertz CT molecular complexity index is 1430. The van der Waals surface area contributed by atoms with Crippen LogP contribution in [0.3, 0.4) is 0 Å². The average molecular weight is 627 g/mol. The minimum absolute atomic E-state index is 0.241. The number of phenols is 1. The molecule has 7 atom stereocenters. The second-order valence-electron chi connectivity index (χ2n) is 10.8. The van der Waals surface area contributed by atoms with Gasteiger partial charge < -0.3 is 30.5 Å². The molecule has 1 aliphatic heterocycles. The molecule has 0 aliphatic carbocycles. The van der Waals surface area contributed by atoms with Crippen molar-refractivity contribution in [2.45, 2.75) is 70.9 Å². The number of benzene rings is 1. The number of para-hydroxylation sites is 1. The van der Waals surface area contributed by atoms with Crippen LogP contribution < -0.4 is 10.6 Å². The number of likely N-dealkylation sites (N-methyl/N-ethyl adjacent to an activating group) is 1. The molecular formula is C29H34F4N4O7. The summed E-state index contributed by atoms with van der Waals surface area (Å²) < 4.78 is 62.2. The molecule has 0 spiro atoms. The van der Waals surface area contributed by atoms with Gasteiger partial charge in [-0.2, -0.15) is 18.2 Å². The summed E-state index contributed by atoms with van der Waals surface area (Å²) in [4.78, 5) is 57.2. The molecule has 15 heteroatoms. The van der Waals surface area contributed by atoms with Gasteiger partial charge >= 0.3 is 5.97 Å². The fourth-order valence-corrected chi connectivity index (χ4v) is 4.99. The summed E-state index contributed by atoms with van der Waals surface area (Å²) in [5, 5.41) is 26.0. The van der Waals surface area contributed by atoms with Crippen molar-refractivity contribution in [2.75, 3.05) is 7.05 Å². The third-order valence-electron chi connectivity index (χ3n) is 7.83. The number of phenolic OH excluding ortho intramolecular Hbond substituents is 1. The van der Waals surface area contributed by atoms with E-state index in [1.165, 1.54) is 45.2 Å². The maximum Gasteiger partial charge on any atom is 0.329 e. The number of ether oxygens (including phenoxy) is 1. The Balaban J connectivity index is 2.12. The van der Waals surface area contributed by atoms with Crippen LogP contribution in [0, 0.1) is 35.4 Å². The highest BCUT2D eigenvalue weighted by atomic mass is 19.2. The predicted octanol–water partition coefficient (Wildman–Crippen LogP) is 1.98. The van der Waals surface area contributed by atoms with Gasteiger partial charge in [0, 0.05) is 19.0 Å². The number of nitrogens with one attached hydrogen (secondary N) is 2. The molecule has 0 saturated carbocycles. The van der Waals surface area contributed by atoms with Crippen LogP contribution in [0.15, 0.2) is 24.3 Å². The monoisotopic (exact) mass is 626 g/mol. The van der Waals surface area contributed by atoms with Crippen LogP contribution in [0.1, 0.15) is 50.0 Å². The Morgan fingerprint density at radius 3 is 2.36 bits per heavy atom. The fourth-order valence-electron chi connectivity index (χ4n) is 4.99. The average Bonchev–Trinajstić information content (AvgIpc) is 2.98. The van der Waals surface area contributed by atoms with Gasteiger partial charge in [-0.15, -0.1) is 0 Å². The highest BCUT2D eigenvalue weighted by Crippen LogP contribution is 2.25. The van der Waals surface area contributed by atoms with Gasteiger partial charge in [0.1, 0.15) is 23.9 Å². The number of esters is 1. The molecule has 2 heterocycles. The molecule has 0 radical (unpaired) electrons. The third-order valence-corrected chi connectivity index (χ3v) is 7.83. The van der Waals surface area contributed by atoms with Crippen LogP contribution in [0.5, 0.6) is 5.75 Å². The fraction of sp³-hybridized carbons (Fsp3) is 0.483. The molecule has 1 aromatic carbocycles. The van der Waals surface area contributed by atoms with E-state index in [1.54, 1.807) is 13.8 Å². The Hall–Kier alpha value is -4.27. The van der Waals surface area contributed by atoms with Crippen molar-refractivity contribution in [1.29, 1.82) is 0 Å². The summed E-state index contributed by atoms with van der Waals surface area (Å²) in [6, 6.07) is 0.705. The van der Waals surface area contributed by atoms with Crippen molar-refractivity contribution in [3.63, 3.8) is 0 Å². The van der Waals surface area contributed by atoms with Crippen LogP contribution in [-0.2, 0) is 25.5 Å². The predicted molar refractivity (Wildman–Crippen MR) is 146 cm³/mol. The quantitative estimate of drug-likeness (QED) is 0.215. The zero-order chi connectivity index (χ0) is 33.0. The first kappa shape index (κ1) is 34.2. The largest absolute Gasteiger partial charge is 0.507 e. The van der Waals surface area contributed by atoms with Crippen molar-refractivity contribution < 1.29 is 51.7 Å². The molecule has 1 fully saturated rings. The van der Waals surface area contributed by atoms with Gasteiger partial charge in [-0.25, -0.2) is 9.18 Å². The minimum atomic E-state index is -2.09. The molecule has 3 rings (SSSR count).